The molecule has 4 saturated carbocycles. The molecule has 0 amide bonds. The monoisotopic (exact) mass is 820 g/mol. The first-order chi connectivity index (χ1) is 24.9. The molecule has 0 saturated heterocycles. The zero-order chi connectivity index (χ0) is 39.7. The zero-order valence-electron chi connectivity index (χ0n) is 27.6. The van der Waals surface area contributed by atoms with Crippen molar-refractivity contribution in [3.05, 3.63) is 78.9 Å². The van der Waals surface area contributed by atoms with Crippen molar-refractivity contribution in [2.75, 3.05) is 0 Å². The molecule has 1 N–H and O–H groups in total. The number of alkyl halides is 11. The highest BCUT2D eigenvalue weighted by molar-refractivity contribution is 7.97. The van der Waals surface area contributed by atoms with E-state index in [1.165, 1.54) is 24.3 Å². The van der Waals surface area contributed by atoms with Gasteiger partial charge in [0.15, 0.2) is 30.9 Å². The van der Waals surface area contributed by atoms with Crippen LogP contribution in [0.3, 0.4) is 0 Å². The van der Waals surface area contributed by atoms with E-state index < -0.39 is 73.8 Å². The Morgan fingerprint density at radius 2 is 1.04 bits per heavy atom. The SMILES string of the molecule is O=S(=O)([O-])C(F)(F)C(Oc1ccc([S+](c2ccccc2)c2ccc(OC(C34CC5CC(CC(C5)C3)C4)C(O)(C(F)(F)F)C(F)(F)F)cc2)cc1)C(F)(F)F. The third-order valence-corrected chi connectivity index (χ3v) is 13.5. The lowest BCUT2D eigenvalue weighted by molar-refractivity contribution is -0.403. The lowest BCUT2D eigenvalue weighted by atomic mass is 9.46. The fourth-order valence-corrected chi connectivity index (χ4v) is 11.1. The number of hydrogen-bond acceptors (Lipinski definition) is 6. The Kier molecular flexibility index (Phi) is 10.3. The van der Waals surface area contributed by atoms with Gasteiger partial charge in [0.1, 0.15) is 11.5 Å². The van der Waals surface area contributed by atoms with Gasteiger partial charge in [-0.2, -0.15) is 48.3 Å². The van der Waals surface area contributed by atoms with Crippen LogP contribution in [0.15, 0.2) is 93.5 Å². The number of benzene rings is 3. The number of hydrogen-bond donors (Lipinski definition) is 1. The summed E-state index contributed by atoms with van der Waals surface area (Å²) in [5.74, 6) is -1.57. The van der Waals surface area contributed by atoms with Gasteiger partial charge in [-0.05, 0) is 117 Å². The summed E-state index contributed by atoms with van der Waals surface area (Å²) in [5.41, 5.74) is -6.81. The second kappa shape index (κ2) is 13.7. The van der Waals surface area contributed by atoms with Crippen molar-refractivity contribution in [2.45, 2.75) is 94.8 Å². The van der Waals surface area contributed by atoms with Crippen molar-refractivity contribution < 1.29 is 75.8 Å². The lowest BCUT2D eigenvalue weighted by Crippen LogP contribution is -2.72. The van der Waals surface area contributed by atoms with E-state index in [4.69, 9.17) is 4.74 Å². The number of rotatable bonds is 11. The molecule has 0 aliphatic heterocycles. The van der Waals surface area contributed by atoms with Crippen LogP contribution in [0.1, 0.15) is 38.5 Å². The average molecular weight is 821 g/mol. The van der Waals surface area contributed by atoms with Gasteiger partial charge in [-0.15, -0.1) is 0 Å². The van der Waals surface area contributed by atoms with Crippen LogP contribution >= 0.6 is 0 Å². The van der Waals surface area contributed by atoms with Gasteiger partial charge in [-0.3, -0.25) is 0 Å². The molecular formula is C35H31F11O6S2. The van der Waals surface area contributed by atoms with Crippen LogP contribution in [-0.2, 0) is 21.0 Å². The minimum atomic E-state index is -6.81. The normalized spacial score (nSPS) is 25.2. The molecule has 4 aliphatic rings. The molecule has 4 bridgehead atoms. The Labute approximate surface area is 304 Å². The van der Waals surface area contributed by atoms with E-state index in [2.05, 4.69) is 4.74 Å². The van der Waals surface area contributed by atoms with Gasteiger partial charge in [0.2, 0.25) is 0 Å². The van der Waals surface area contributed by atoms with Crippen molar-refractivity contribution in [3.63, 3.8) is 0 Å². The Morgan fingerprint density at radius 3 is 1.41 bits per heavy atom. The molecule has 0 radical (unpaired) electrons. The highest BCUT2D eigenvalue weighted by atomic mass is 32.2. The predicted octanol–water partition coefficient (Wildman–Crippen LogP) is 9.05. The van der Waals surface area contributed by atoms with E-state index in [0.29, 0.717) is 33.9 Å². The van der Waals surface area contributed by atoms with Crippen LogP contribution in [0.25, 0.3) is 0 Å². The minimum Gasteiger partial charge on any atom is -0.743 e. The van der Waals surface area contributed by atoms with Gasteiger partial charge < -0.3 is 19.1 Å². The summed E-state index contributed by atoms with van der Waals surface area (Å²) in [5, 5.41) is 4.90. The number of halogens is 11. The van der Waals surface area contributed by atoms with Crippen LogP contribution < -0.4 is 9.47 Å². The summed E-state index contributed by atoms with van der Waals surface area (Å²) in [4.78, 5) is 1.25. The first kappa shape index (κ1) is 40.4. The molecule has 3 atom stereocenters. The summed E-state index contributed by atoms with van der Waals surface area (Å²) >= 11 is 0. The van der Waals surface area contributed by atoms with E-state index in [-0.39, 0.29) is 42.8 Å². The highest BCUT2D eigenvalue weighted by Gasteiger charge is 2.79. The van der Waals surface area contributed by atoms with Crippen molar-refractivity contribution in [3.8, 4) is 11.5 Å². The van der Waals surface area contributed by atoms with Crippen molar-refractivity contribution >= 4 is 21.0 Å². The van der Waals surface area contributed by atoms with E-state index in [9.17, 15) is 66.4 Å². The molecule has 6 nitrogen and oxygen atoms in total. The fraction of sp³-hybridized carbons (Fsp3) is 0.486. The quantitative estimate of drug-likeness (QED) is 0.118. The minimum absolute atomic E-state index is 0.0302. The summed E-state index contributed by atoms with van der Waals surface area (Å²) < 4.78 is 198. The summed E-state index contributed by atoms with van der Waals surface area (Å²) in [7, 11) is -8.00. The molecule has 0 spiro atoms. The Hall–Kier alpha value is -3.29. The first-order valence-corrected chi connectivity index (χ1v) is 19.1. The zero-order valence-corrected chi connectivity index (χ0v) is 29.2. The Bertz CT molecular complexity index is 1850. The molecule has 3 aromatic rings. The maximum Gasteiger partial charge on any atom is 0.432 e. The molecule has 7 rings (SSSR count). The molecular weight excluding hydrogens is 789 g/mol. The Balaban J connectivity index is 1.34. The molecule has 4 aliphatic carbocycles. The highest BCUT2D eigenvalue weighted by Crippen LogP contribution is 2.65. The second-order valence-electron chi connectivity index (χ2n) is 14.2. The van der Waals surface area contributed by atoms with Crippen LogP contribution in [0, 0.1) is 23.2 Å². The third-order valence-electron chi connectivity index (χ3n) is 10.4. The van der Waals surface area contributed by atoms with Gasteiger partial charge in [0.05, 0.1) is 10.9 Å². The largest absolute Gasteiger partial charge is 0.743 e. The van der Waals surface area contributed by atoms with E-state index in [1.807, 2.05) is 0 Å². The van der Waals surface area contributed by atoms with Crippen LogP contribution in [0.5, 0.6) is 11.5 Å². The molecule has 54 heavy (non-hydrogen) atoms. The van der Waals surface area contributed by atoms with Crippen molar-refractivity contribution in [2.24, 2.45) is 23.2 Å². The van der Waals surface area contributed by atoms with Crippen LogP contribution in [-0.4, -0.2) is 59.7 Å². The summed E-state index contributed by atoms with van der Waals surface area (Å²) in [6, 6.07) is 17.2. The summed E-state index contributed by atoms with van der Waals surface area (Å²) in [6.07, 6.45) is -23.2. The first-order valence-electron chi connectivity index (χ1n) is 16.4. The standard InChI is InChI=1S/C35H31F11O6S2/c36-32(37,38)29(33(39,40)54(48,49)50)52-24-8-12-27(13-9-24)53(25-4-2-1-3-5-25)26-10-6-23(7-11-26)51-28(31(47,34(41,42)43)35(44,45)46)30-17-20-14-21(18-30)16-22(15-20)19-30/h1-13,20-22,28-29,47H,14-19H2. The number of ether oxygens (including phenoxy) is 2. The lowest BCUT2D eigenvalue weighted by Gasteiger charge is -2.61. The molecule has 296 valence electrons. The predicted molar refractivity (Wildman–Crippen MR) is 169 cm³/mol. The smallest absolute Gasteiger partial charge is 0.432 e. The van der Waals surface area contributed by atoms with Gasteiger partial charge in [-0.1, -0.05) is 18.2 Å². The molecule has 0 heterocycles. The number of aliphatic hydroxyl groups is 1. The average Bonchev–Trinajstić information content (AvgIpc) is 3.05. The Morgan fingerprint density at radius 1 is 0.648 bits per heavy atom. The molecule has 0 aromatic heterocycles. The third kappa shape index (κ3) is 7.36. The van der Waals surface area contributed by atoms with E-state index in [1.54, 1.807) is 30.3 Å². The molecule has 4 fully saturated rings. The van der Waals surface area contributed by atoms with Gasteiger partial charge in [-0.25, -0.2) is 8.42 Å². The molecule has 3 aromatic carbocycles. The molecule has 19 heteroatoms. The maximum absolute atomic E-state index is 14.5. The van der Waals surface area contributed by atoms with Gasteiger partial charge >= 0.3 is 23.8 Å². The second-order valence-corrected chi connectivity index (χ2v) is 17.6. The fourth-order valence-electron chi connectivity index (χ4n) is 8.61. The van der Waals surface area contributed by atoms with Gasteiger partial charge in [0, 0.05) is 5.41 Å². The van der Waals surface area contributed by atoms with Gasteiger partial charge in [0.25, 0.3) is 11.7 Å². The van der Waals surface area contributed by atoms with Crippen molar-refractivity contribution in [1.29, 1.82) is 0 Å². The maximum atomic E-state index is 14.5. The van der Waals surface area contributed by atoms with Crippen molar-refractivity contribution in [1.82, 2.24) is 0 Å². The van der Waals surface area contributed by atoms with Crippen LogP contribution in [0.4, 0.5) is 48.3 Å². The van der Waals surface area contributed by atoms with E-state index in [0.717, 1.165) is 24.3 Å². The topological polar surface area (TPSA) is 95.9 Å². The summed E-state index contributed by atoms with van der Waals surface area (Å²) in [6.45, 7) is 0. The molecule has 3 unspecified atom stereocenters. The van der Waals surface area contributed by atoms with E-state index >= 15 is 0 Å². The van der Waals surface area contributed by atoms with Crippen LogP contribution in [0.2, 0.25) is 0 Å².